The van der Waals surface area contributed by atoms with Crippen molar-refractivity contribution in [3.8, 4) is 0 Å². The fraction of sp³-hybridized carbons (Fsp3) is 0.517. The van der Waals surface area contributed by atoms with Gasteiger partial charge < -0.3 is 9.47 Å². The number of piperidine rings is 2. The molecule has 4 heterocycles. The number of alkyl halides is 3. The number of rotatable bonds is 6. The first-order valence-electron chi connectivity index (χ1n) is 13.4. The van der Waals surface area contributed by atoms with Crippen molar-refractivity contribution in [2.45, 2.75) is 64.7 Å². The normalized spacial score (nSPS) is 18.8. The van der Waals surface area contributed by atoms with Crippen LogP contribution in [0.15, 0.2) is 36.4 Å². The van der Waals surface area contributed by atoms with Gasteiger partial charge in [-0.1, -0.05) is 42.8 Å². The number of nitrogens with zero attached hydrogens (tertiary/aromatic N) is 5. The standard InChI is InChI=1S/C29H36F3N5/c1-21-19-22(2)33-27-26(21)34-28(29(30,31)32)37(27)20-24-10-8-23(9-11-24)7-6-14-35-17-12-25(13-18-35)36-15-4-3-5-16-36/h6-11,19,25H,3-5,12-18,20H2,1-2H3/b7-6+. The summed E-state index contributed by atoms with van der Waals surface area (Å²) in [5.74, 6) is -0.906. The van der Waals surface area contributed by atoms with Gasteiger partial charge in [0.1, 0.15) is 5.52 Å². The van der Waals surface area contributed by atoms with Gasteiger partial charge in [-0.25, -0.2) is 9.97 Å². The predicted octanol–water partition coefficient (Wildman–Crippen LogP) is 6.08. The lowest BCUT2D eigenvalue weighted by molar-refractivity contribution is -0.146. The predicted molar refractivity (Wildman–Crippen MR) is 141 cm³/mol. The van der Waals surface area contributed by atoms with Crippen LogP contribution in [0.3, 0.4) is 0 Å². The van der Waals surface area contributed by atoms with Gasteiger partial charge in [0.05, 0.1) is 6.54 Å². The minimum absolute atomic E-state index is 0.0667. The number of benzene rings is 1. The van der Waals surface area contributed by atoms with Crippen LogP contribution in [-0.4, -0.2) is 63.1 Å². The molecule has 1 aromatic carbocycles. The first-order valence-corrected chi connectivity index (χ1v) is 13.4. The van der Waals surface area contributed by atoms with Crippen molar-refractivity contribution in [1.82, 2.24) is 24.3 Å². The monoisotopic (exact) mass is 511 g/mol. The third-order valence-electron chi connectivity index (χ3n) is 7.73. The van der Waals surface area contributed by atoms with E-state index in [4.69, 9.17) is 0 Å². The maximum Gasteiger partial charge on any atom is 0.449 e. The molecule has 0 aliphatic carbocycles. The number of hydrogen-bond donors (Lipinski definition) is 0. The van der Waals surface area contributed by atoms with Crippen LogP contribution in [-0.2, 0) is 12.7 Å². The highest BCUT2D eigenvalue weighted by atomic mass is 19.4. The first-order chi connectivity index (χ1) is 17.8. The molecule has 3 aromatic rings. The van der Waals surface area contributed by atoms with Gasteiger partial charge in [0.25, 0.3) is 0 Å². The van der Waals surface area contributed by atoms with Gasteiger partial charge in [-0.15, -0.1) is 0 Å². The molecule has 0 amide bonds. The molecule has 0 spiro atoms. The van der Waals surface area contributed by atoms with Gasteiger partial charge in [-0.2, -0.15) is 13.2 Å². The van der Waals surface area contributed by atoms with E-state index >= 15 is 0 Å². The van der Waals surface area contributed by atoms with E-state index in [0.29, 0.717) is 16.8 Å². The van der Waals surface area contributed by atoms with Crippen LogP contribution in [0.4, 0.5) is 13.2 Å². The summed E-state index contributed by atoms with van der Waals surface area (Å²) in [5.41, 5.74) is 3.78. The topological polar surface area (TPSA) is 37.2 Å². The highest BCUT2D eigenvalue weighted by Gasteiger charge is 2.38. The largest absolute Gasteiger partial charge is 0.449 e. The number of aromatic nitrogens is 3. The van der Waals surface area contributed by atoms with Crippen LogP contribution in [0.2, 0.25) is 0 Å². The third kappa shape index (κ3) is 6.07. The second-order valence-corrected chi connectivity index (χ2v) is 10.5. The molecule has 0 atom stereocenters. The number of fused-ring (bicyclic) bond motifs is 1. The smallest absolute Gasteiger partial charge is 0.301 e. The lowest BCUT2D eigenvalue weighted by Gasteiger charge is -2.40. The number of halogens is 3. The summed E-state index contributed by atoms with van der Waals surface area (Å²) in [7, 11) is 0. The molecule has 2 fully saturated rings. The van der Waals surface area contributed by atoms with Crippen molar-refractivity contribution in [2.24, 2.45) is 0 Å². The Labute approximate surface area is 217 Å². The Morgan fingerprint density at radius 1 is 0.946 bits per heavy atom. The lowest BCUT2D eigenvalue weighted by atomic mass is 10.00. The average molecular weight is 512 g/mol. The highest BCUT2D eigenvalue weighted by molar-refractivity contribution is 5.76. The summed E-state index contributed by atoms with van der Waals surface area (Å²) < 4.78 is 42.5. The molecule has 37 heavy (non-hydrogen) atoms. The zero-order valence-corrected chi connectivity index (χ0v) is 21.8. The third-order valence-corrected chi connectivity index (χ3v) is 7.73. The molecule has 5 nitrogen and oxygen atoms in total. The average Bonchev–Trinajstić information content (AvgIpc) is 3.25. The summed E-state index contributed by atoms with van der Waals surface area (Å²) in [6, 6.07) is 10.2. The fourth-order valence-electron chi connectivity index (χ4n) is 5.77. The van der Waals surface area contributed by atoms with Crippen molar-refractivity contribution >= 4 is 17.2 Å². The fourth-order valence-corrected chi connectivity index (χ4v) is 5.77. The Hall–Kier alpha value is -2.71. The minimum atomic E-state index is -4.55. The zero-order chi connectivity index (χ0) is 26.0. The number of pyridine rings is 1. The summed E-state index contributed by atoms with van der Waals surface area (Å²) >= 11 is 0. The molecular formula is C29H36F3N5. The maximum atomic E-state index is 13.8. The van der Waals surface area contributed by atoms with Crippen LogP contribution >= 0.6 is 0 Å². The van der Waals surface area contributed by atoms with Crippen molar-refractivity contribution in [2.75, 3.05) is 32.7 Å². The van der Waals surface area contributed by atoms with E-state index in [0.717, 1.165) is 36.8 Å². The molecule has 2 aliphatic heterocycles. The number of imidazole rings is 1. The Kier molecular flexibility index (Phi) is 7.67. The molecule has 2 aliphatic rings. The summed E-state index contributed by atoms with van der Waals surface area (Å²) in [6.07, 6.45) is 6.32. The van der Waals surface area contributed by atoms with Crippen molar-refractivity contribution < 1.29 is 13.2 Å². The summed E-state index contributed by atoms with van der Waals surface area (Å²) in [4.78, 5) is 13.5. The molecule has 8 heteroatoms. The quantitative estimate of drug-likeness (QED) is 0.402. The Morgan fingerprint density at radius 3 is 2.32 bits per heavy atom. The number of hydrogen-bond acceptors (Lipinski definition) is 4. The van der Waals surface area contributed by atoms with Crippen molar-refractivity contribution in [3.05, 3.63) is 64.6 Å². The first kappa shape index (κ1) is 25.9. The highest BCUT2D eigenvalue weighted by Crippen LogP contribution is 2.32. The SMILES string of the molecule is Cc1cc(C)c2nc(C(F)(F)F)n(Cc3ccc(/C=C/CN4CCC(N5CCCCC5)CC4)cc3)c2n1. The van der Waals surface area contributed by atoms with E-state index in [9.17, 15) is 13.2 Å². The molecule has 0 saturated carbocycles. The molecular weight excluding hydrogens is 475 g/mol. The van der Waals surface area contributed by atoms with E-state index in [1.54, 1.807) is 19.9 Å². The van der Waals surface area contributed by atoms with E-state index in [2.05, 4.69) is 31.9 Å². The molecule has 198 valence electrons. The van der Waals surface area contributed by atoms with Crippen LogP contribution in [0.5, 0.6) is 0 Å². The van der Waals surface area contributed by atoms with Gasteiger partial charge in [0.15, 0.2) is 5.65 Å². The van der Waals surface area contributed by atoms with Gasteiger partial charge in [0, 0.05) is 18.3 Å². The molecule has 5 rings (SSSR count). The van der Waals surface area contributed by atoms with Crippen molar-refractivity contribution in [3.63, 3.8) is 0 Å². The Balaban J connectivity index is 1.21. The van der Waals surface area contributed by atoms with Crippen LogP contribution in [0.25, 0.3) is 17.2 Å². The molecule has 0 bridgehead atoms. The molecule has 0 unspecified atom stereocenters. The summed E-state index contributed by atoms with van der Waals surface area (Å²) in [5, 5.41) is 0. The molecule has 2 aromatic heterocycles. The Morgan fingerprint density at radius 2 is 1.65 bits per heavy atom. The van der Waals surface area contributed by atoms with E-state index < -0.39 is 12.0 Å². The van der Waals surface area contributed by atoms with Crippen LogP contribution in [0, 0.1) is 13.8 Å². The van der Waals surface area contributed by atoms with Crippen LogP contribution < -0.4 is 0 Å². The molecule has 0 radical (unpaired) electrons. The zero-order valence-electron chi connectivity index (χ0n) is 21.8. The van der Waals surface area contributed by atoms with Gasteiger partial charge in [-0.05, 0) is 88.5 Å². The van der Waals surface area contributed by atoms with Gasteiger partial charge >= 0.3 is 6.18 Å². The summed E-state index contributed by atoms with van der Waals surface area (Å²) in [6.45, 7) is 9.36. The second-order valence-electron chi connectivity index (χ2n) is 10.5. The Bertz CT molecular complexity index is 1230. The van der Waals surface area contributed by atoms with Crippen LogP contribution in [0.1, 0.15) is 60.3 Å². The molecule has 2 saturated heterocycles. The van der Waals surface area contributed by atoms with Gasteiger partial charge in [0.2, 0.25) is 5.82 Å². The lowest BCUT2D eigenvalue weighted by Crippen LogP contribution is -2.46. The van der Waals surface area contributed by atoms with Gasteiger partial charge in [-0.3, -0.25) is 4.90 Å². The van der Waals surface area contributed by atoms with E-state index in [1.807, 2.05) is 24.3 Å². The maximum absolute atomic E-state index is 13.8. The number of aryl methyl sites for hydroxylation is 2. The van der Waals surface area contributed by atoms with E-state index in [1.165, 1.54) is 49.8 Å². The number of likely N-dealkylation sites (tertiary alicyclic amines) is 2. The molecule has 0 N–H and O–H groups in total. The minimum Gasteiger partial charge on any atom is -0.301 e. The van der Waals surface area contributed by atoms with Crippen molar-refractivity contribution in [1.29, 1.82) is 0 Å². The second kappa shape index (κ2) is 11.0. The van der Waals surface area contributed by atoms with E-state index in [-0.39, 0.29) is 12.2 Å².